The molecule has 0 saturated heterocycles. The van der Waals surface area contributed by atoms with Gasteiger partial charge in [0.2, 0.25) is 0 Å². The Labute approximate surface area is 118 Å². The number of hydrogen-bond donors (Lipinski definition) is 2. The van der Waals surface area contributed by atoms with Crippen LogP contribution in [-0.4, -0.2) is 24.4 Å². The van der Waals surface area contributed by atoms with Gasteiger partial charge in [-0.05, 0) is 53.4 Å². The molecule has 1 rings (SSSR count). The highest BCUT2D eigenvalue weighted by atomic mass is 79.9. The molecule has 0 aliphatic rings. The molecule has 0 spiro atoms. The van der Waals surface area contributed by atoms with Gasteiger partial charge in [-0.25, -0.2) is 0 Å². The molecule has 1 unspecified atom stereocenters. The molecule has 3 nitrogen and oxygen atoms in total. The van der Waals surface area contributed by atoms with E-state index < -0.39 is 0 Å². The summed E-state index contributed by atoms with van der Waals surface area (Å²) in [5.74, 6) is 0.840. The van der Waals surface area contributed by atoms with E-state index in [1.807, 2.05) is 12.1 Å². The van der Waals surface area contributed by atoms with E-state index in [9.17, 15) is 0 Å². The number of aliphatic hydroxyl groups excluding tert-OH is 1. The van der Waals surface area contributed by atoms with Gasteiger partial charge in [-0.15, -0.1) is 0 Å². The van der Waals surface area contributed by atoms with Gasteiger partial charge in [0.05, 0.1) is 11.6 Å². The molecule has 0 saturated carbocycles. The molecule has 0 bridgehead atoms. The van der Waals surface area contributed by atoms with E-state index in [0.29, 0.717) is 0 Å². The highest BCUT2D eigenvalue weighted by Gasteiger charge is 2.20. The largest absolute Gasteiger partial charge is 0.496 e. The number of methoxy groups -OCH3 is 1. The molecule has 1 atom stereocenters. The second kappa shape index (κ2) is 7.12. The third-order valence-electron chi connectivity index (χ3n) is 3.38. The van der Waals surface area contributed by atoms with Gasteiger partial charge < -0.3 is 15.2 Å². The second-order valence-corrected chi connectivity index (χ2v) is 5.56. The fraction of sp³-hybridized carbons (Fsp3) is 0.571. The van der Waals surface area contributed by atoms with Crippen molar-refractivity contribution < 1.29 is 9.84 Å². The van der Waals surface area contributed by atoms with Crippen LogP contribution >= 0.6 is 15.9 Å². The summed E-state index contributed by atoms with van der Waals surface area (Å²) >= 11 is 3.48. The van der Waals surface area contributed by atoms with Crippen LogP contribution in [0.25, 0.3) is 0 Å². The lowest BCUT2D eigenvalue weighted by Gasteiger charge is -2.29. The molecular formula is C14H22BrNO2. The Morgan fingerprint density at radius 2 is 2.17 bits per heavy atom. The molecule has 0 aliphatic heterocycles. The lowest BCUT2D eigenvalue weighted by molar-refractivity contribution is 0.214. The van der Waals surface area contributed by atoms with E-state index in [1.165, 1.54) is 5.56 Å². The fourth-order valence-corrected chi connectivity index (χ4v) is 2.36. The highest BCUT2D eigenvalue weighted by Crippen LogP contribution is 2.26. The van der Waals surface area contributed by atoms with Crippen molar-refractivity contribution in [1.82, 2.24) is 5.32 Å². The van der Waals surface area contributed by atoms with Crippen molar-refractivity contribution >= 4 is 15.9 Å². The minimum Gasteiger partial charge on any atom is -0.496 e. The predicted octanol–water partition coefficient (Wildman–Crippen LogP) is 3.10. The first-order valence-electron chi connectivity index (χ1n) is 6.23. The SMILES string of the molecule is CCC(C)(CCO)NCc1ccc(OC)c(Br)c1. The zero-order chi connectivity index (χ0) is 13.6. The van der Waals surface area contributed by atoms with Crippen molar-refractivity contribution in [1.29, 1.82) is 0 Å². The summed E-state index contributed by atoms with van der Waals surface area (Å²) in [4.78, 5) is 0. The quantitative estimate of drug-likeness (QED) is 0.812. The molecule has 2 N–H and O–H groups in total. The number of rotatable bonds is 7. The number of ether oxygens (including phenoxy) is 1. The van der Waals surface area contributed by atoms with Gasteiger partial charge >= 0.3 is 0 Å². The van der Waals surface area contributed by atoms with Crippen LogP contribution in [0.3, 0.4) is 0 Å². The zero-order valence-corrected chi connectivity index (χ0v) is 12.9. The number of aliphatic hydroxyl groups is 1. The zero-order valence-electron chi connectivity index (χ0n) is 11.3. The normalized spacial score (nSPS) is 14.3. The van der Waals surface area contributed by atoms with Gasteiger partial charge in [0.15, 0.2) is 0 Å². The number of nitrogens with one attached hydrogen (secondary N) is 1. The summed E-state index contributed by atoms with van der Waals surface area (Å²) in [6, 6.07) is 6.06. The minimum atomic E-state index is -0.0127. The van der Waals surface area contributed by atoms with Crippen LogP contribution < -0.4 is 10.1 Å². The van der Waals surface area contributed by atoms with E-state index in [-0.39, 0.29) is 12.1 Å². The van der Waals surface area contributed by atoms with Crippen LogP contribution in [0.4, 0.5) is 0 Å². The second-order valence-electron chi connectivity index (χ2n) is 4.71. The number of benzene rings is 1. The topological polar surface area (TPSA) is 41.5 Å². The maximum absolute atomic E-state index is 9.08. The Morgan fingerprint density at radius 3 is 2.67 bits per heavy atom. The molecule has 4 heteroatoms. The average Bonchev–Trinajstić information content (AvgIpc) is 2.37. The molecule has 18 heavy (non-hydrogen) atoms. The van der Waals surface area contributed by atoms with Gasteiger partial charge in [0, 0.05) is 18.7 Å². The molecular weight excluding hydrogens is 294 g/mol. The van der Waals surface area contributed by atoms with Gasteiger partial charge in [0.1, 0.15) is 5.75 Å². The van der Waals surface area contributed by atoms with E-state index in [4.69, 9.17) is 9.84 Å². The summed E-state index contributed by atoms with van der Waals surface area (Å²) in [6.45, 7) is 5.27. The Morgan fingerprint density at radius 1 is 1.44 bits per heavy atom. The van der Waals surface area contributed by atoms with E-state index in [2.05, 4.69) is 41.2 Å². The van der Waals surface area contributed by atoms with E-state index >= 15 is 0 Å². The first kappa shape index (κ1) is 15.5. The van der Waals surface area contributed by atoms with Gasteiger partial charge in [0.25, 0.3) is 0 Å². The maximum Gasteiger partial charge on any atom is 0.133 e. The molecule has 0 aliphatic carbocycles. The lowest BCUT2D eigenvalue weighted by Crippen LogP contribution is -2.42. The monoisotopic (exact) mass is 315 g/mol. The van der Waals surface area contributed by atoms with Crippen molar-refractivity contribution in [3.8, 4) is 5.75 Å². The third kappa shape index (κ3) is 4.26. The van der Waals surface area contributed by atoms with Crippen molar-refractivity contribution in [3.63, 3.8) is 0 Å². The average molecular weight is 316 g/mol. The molecule has 1 aromatic rings. The lowest BCUT2D eigenvalue weighted by atomic mass is 9.94. The van der Waals surface area contributed by atoms with Crippen molar-refractivity contribution in [3.05, 3.63) is 28.2 Å². The van der Waals surface area contributed by atoms with Crippen LogP contribution in [0, 0.1) is 0 Å². The predicted molar refractivity (Wildman–Crippen MR) is 77.9 cm³/mol. The van der Waals surface area contributed by atoms with E-state index in [1.54, 1.807) is 7.11 Å². The highest BCUT2D eigenvalue weighted by molar-refractivity contribution is 9.10. The molecule has 0 heterocycles. The molecule has 1 aromatic carbocycles. The molecule has 0 aromatic heterocycles. The van der Waals surface area contributed by atoms with Gasteiger partial charge in [-0.2, -0.15) is 0 Å². The molecule has 0 fully saturated rings. The standard InChI is InChI=1S/C14H22BrNO2/c1-4-14(2,7-8-17)16-10-11-5-6-13(18-3)12(15)9-11/h5-6,9,16-17H,4,7-8,10H2,1-3H3. The minimum absolute atomic E-state index is 0.0127. The first-order chi connectivity index (χ1) is 8.54. The summed E-state index contributed by atoms with van der Waals surface area (Å²) in [5, 5.41) is 12.6. The number of halogens is 1. The first-order valence-corrected chi connectivity index (χ1v) is 7.02. The third-order valence-corrected chi connectivity index (χ3v) is 4.00. The molecule has 0 amide bonds. The Balaban J connectivity index is 2.65. The summed E-state index contributed by atoms with van der Waals surface area (Å²) in [5.41, 5.74) is 1.18. The van der Waals surface area contributed by atoms with Crippen LogP contribution in [0.2, 0.25) is 0 Å². The van der Waals surface area contributed by atoms with Crippen LogP contribution in [0.1, 0.15) is 32.3 Å². The van der Waals surface area contributed by atoms with E-state index in [0.717, 1.165) is 29.6 Å². The van der Waals surface area contributed by atoms with Crippen LogP contribution in [0.15, 0.2) is 22.7 Å². The summed E-state index contributed by atoms with van der Waals surface area (Å²) < 4.78 is 6.17. The van der Waals surface area contributed by atoms with Crippen molar-refractivity contribution in [2.45, 2.75) is 38.8 Å². The Kier molecular flexibility index (Phi) is 6.12. The summed E-state index contributed by atoms with van der Waals surface area (Å²) in [6.07, 6.45) is 1.76. The van der Waals surface area contributed by atoms with Crippen LogP contribution in [-0.2, 0) is 6.54 Å². The Bertz CT molecular complexity index is 384. The summed E-state index contributed by atoms with van der Waals surface area (Å²) in [7, 11) is 1.66. The fourth-order valence-electron chi connectivity index (χ4n) is 1.77. The number of hydrogen-bond acceptors (Lipinski definition) is 3. The smallest absolute Gasteiger partial charge is 0.133 e. The van der Waals surface area contributed by atoms with Crippen molar-refractivity contribution in [2.24, 2.45) is 0 Å². The van der Waals surface area contributed by atoms with Crippen molar-refractivity contribution in [2.75, 3.05) is 13.7 Å². The Hall–Kier alpha value is -0.580. The maximum atomic E-state index is 9.08. The van der Waals surface area contributed by atoms with Crippen LogP contribution in [0.5, 0.6) is 5.75 Å². The van der Waals surface area contributed by atoms with Gasteiger partial charge in [-0.1, -0.05) is 13.0 Å². The molecule has 0 radical (unpaired) electrons. The van der Waals surface area contributed by atoms with Gasteiger partial charge in [-0.3, -0.25) is 0 Å². The molecule has 102 valence electrons.